The molecule has 0 bridgehead atoms. The fraction of sp³-hybridized carbons (Fsp3) is 1.00. The van der Waals surface area contributed by atoms with Gasteiger partial charge in [0.25, 0.3) is 0 Å². The summed E-state index contributed by atoms with van der Waals surface area (Å²) in [7, 11) is 0. The Morgan fingerprint density at radius 1 is 0.875 bits per heavy atom. The van der Waals surface area contributed by atoms with E-state index in [-0.39, 0.29) is 0 Å². The summed E-state index contributed by atoms with van der Waals surface area (Å²) in [5.74, 6) is 1.85. The molecule has 0 nitrogen and oxygen atoms in total. The second-order valence-electron chi connectivity index (χ2n) is 3.35. The van der Waals surface area contributed by atoms with Crippen LogP contribution >= 0.6 is 0 Å². The first-order valence-electron chi connectivity index (χ1n) is 3.55. The molecular weight excluding hydrogens is 157 g/mol. The van der Waals surface area contributed by atoms with Crippen molar-refractivity contribution >= 4 is 16.5 Å². The van der Waals surface area contributed by atoms with Crippen molar-refractivity contribution in [3.63, 3.8) is 0 Å². The van der Waals surface area contributed by atoms with Crippen LogP contribution in [0, 0.1) is 11.8 Å². The van der Waals surface area contributed by atoms with Crippen LogP contribution in [0.5, 0.6) is 0 Å². The topological polar surface area (TPSA) is 0 Å². The van der Waals surface area contributed by atoms with Crippen LogP contribution in [0.3, 0.4) is 0 Å². The van der Waals surface area contributed by atoms with Crippen molar-refractivity contribution in [3.05, 3.63) is 0 Å². The van der Waals surface area contributed by atoms with E-state index in [2.05, 4.69) is 27.7 Å². The Morgan fingerprint density at radius 2 is 1.12 bits per heavy atom. The third-order valence-electron chi connectivity index (χ3n) is 2.10. The molecule has 0 aromatic heterocycles. The molecule has 0 saturated heterocycles. The van der Waals surface area contributed by atoms with Gasteiger partial charge in [0.15, 0.2) is 0 Å². The Balaban J connectivity index is 3.46. The molecule has 0 N–H and O–H groups in total. The molecule has 0 heterocycles. The van der Waals surface area contributed by atoms with Gasteiger partial charge in [0.1, 0.15) is 0 Å². The fourth-order valence-corrected chi connectivity index (χ4v) is 0.770. The van der Waals surface area contributed by atoms with Crippen LogP contribution < -0.4 is 0 Å². The summed E-state index contributed by atoms with van der Waals surface area (Å²) in [6.45, 7) is 9.32. The molecule has 0 aromatic carbocycles. The van der Waals surface area contributed by atoms with Crippen LogP contribution in [0.1, 0.15) is 27.7 Å². The Morgan fingerprint density at radius 3 is 1.12 bits per heavy atom. The molecule has 0 unspecified atom stereocenters. The van der Waals surface area contributed by atoms with Crippen molar-refractivity contribution in [3.8, 4) is 0 Å². The van der Waals surface area contributed by atoms with Gasteiger partial charge in [0.2, 0.25) is 0 Å². The molecular formula is C7H18Ge. The van der Waals surface area contributed by atoms with Crippen LogP contribution in [0.25, 0.3) is 0 Å². The molecule has 0 aliphatic rings. The van der Waals surface area contributed by atoms with Gasteiger partial charge in [-0.1, -0.05) is 0 Å². The van der Waals surface area contributed by atoms with Crippen molar-refractivity contribution in [2.45, 2.75) is 32.4 Å². The van der Waals surface area contributed by atoms with Gasteiger partial charge in [-0.25, -0.2) is 0 Å². The van der Waals surface area contributed by atoms with Gasteiger partial charge in [-0.15, -0.1) is 0 Å². The normalized spacial score (nSPS) is 12.4. The van der Waals surface area contributed by atoms with Crippen molar-refractivity contribution in [1.29, 1.82) is 0 Å². The predicted octanol–water partition coefficient (Wildman–Crippen LogP) is 1.45. The van der Waals surface area contributed by atoms with Gasteiger partial charge in [-0.2, -0.15) is 0 Å². The first-order valence-corrected chi connectivity index (χ1v) is 5.98. The molecule has 0 aliphatic heterocycles. The molecule has 0 radical (unpaired) electrons. The Hall–Kier alpha value is 0.543. The third-order valence-corrected chi connectivity index (χ3v) is 7.70. The van der Waals surface area contributed by atoms with Crippen LogP contribution in [-0.4, -0.2) is 16.5 Å². The number of hydrogen-bond donors (Lipinski definition) is 0. The standard InChI is InChI=1S/C7H18Ge/c1-5(2)7(8)6(3)4/h5-7H,1-4,8H3. The minimum atomic E-state index is 0.926. The summed E-state index contributed by atoms with van der Waals surface area (Å²) < 4.78 is 1.06. The zero-order chi connectivity index (χ0) is 6.73. The molecule has 0 spiro atoms. The average Bonchev–Trinajstić information content (AvgIpc) is 1.64. The molecule has 0 atom stereocenters. The molecule has 1 heteroatoms. The van der Waals surface area contributed by atoms with Gasteiger partial charge >= 0.3 is 60.8 Å². The monoisotopic (exact) mass is 176 g/mol. The first kappa shape index (κ1) is 8.54. The van der Waals surface area contributed by atoms with Crippen molar-refractivity contribution in [1.82, 2.24) is 0 Å². The molecule has 0 fully saturated rings. The SMILES string of the molecule is CC(C)[CH]([GeH3])C(C)C. The third kappa shape index (κ3) is 2.75. The molecule has 0 rings (SSSR count). The summed E-state index contributed by atoms with van der Waals surface area (Å²) in [6, 6.07) is 0. The molecule has 50 valence electrons. The Labute approximate surface area is 61.3 Å². The van der Waals surface area contributed by atoms with Gasteiger partial charge in [-0.3, -0.25) is 0 Å². The average molecular weight is 175 g/mol. The van der Waals surface area contributed by atoms with Crippen LogP contribution in [-0.2, 0) is 0 Å². The second kappa shape index (κ2) is 3.55. The molecule has 0 amide bonds. The Kier molecular flexibility index (Phi) is 3.79. The van der Waals surface area contributed by atoms with E-state index in [4.69, 9.17) is 0 Å². The van der Waals surface area contributed by atoms with Crippen LogP contribution in [0.4, 0.5) is 0 Å². The summed E-state index contributed by atoms with van der Waals surface area (Å²) in [6.07, 6.45) is 0. The molecule has 0 aromatic rings. The molecule has 0 aliphatic carbocycles. The maximum atomic E-state index is 2.33. The van der Waals surface area contributed by atoms with E-state index < -0.39 is 0 Å². The van der Waals surface area contributed by atoms with Gasteiger partial charge in [-0.05, 0) is 0 Å². The first-order chi connectivity index (χ1) is 3.55. The predicted molar refractivity (Wildman–Crippen MR) is 43.4 cm³/mol. The van der Waals surface area contributed by atoms with Crippen molar-refractivity contribution in [2.75, 3.05) is 0 Å². The maximum absolute atomic E-state index is 2.33. The number of rotatable bonds is 2. The summed E-state index contributed by atoms with van der Waals surface area (Å²) in [5.41, 5.74) is 0. The summed E-state index contributed by atoms with van der Waals surface area (Å²) in [5, 5.41) is 0. The quantitative estimate of drug-likeness (QED) is 0.557. The fourth-order valence-electron chi connectivity index (χ4n) is 0.770. The van der Waals surface area contributed by atoms with Gasteiger partial charge in [0, 0.05) is 0 Å². The van der Waals surface area contributed by atoms with E-state index in [1.807, 2.05) is 0 Å². The van der Waals surface area contributed by atoms with Crippen LogP contribution in [0.2, 0.25) is 4.75 Å². The zero-order valence-corrected chi connectivity index (χ0v) is 10.9. The van der Waals surface area contributed by atoms with Crippen molar-refractivity contribution < 1.29 is 0 Å². The van der Waals surface area contributed by atoms with E-state index in [1.54, 1.807) is 0 Å². The van der Waals surface area contributed by atoms with Crippen LogP contribution in [0.15, 0.2) is 0 Å². The van der Waals surface area contributed by atoms with Gasteiger partial charge in [0.05, 0.1) is 0 Å². The van der Waals surface area contributed by atoms with Crippen molar-refractivity contribution in [2.24, 2.45) is 11.8 Å². The van der Waals surface area contributed by atoms with E-state index in [0.717, 1.165) is 33.1 Å². The van der Waals surface area contributed by atoms with E-state index in [9.17, 15) is 0 Å². The molecule has 0 saturated carbocycles. The number of hydrogen-bond acceptors (Lipinski definition) is 0. The summed E-state index contributed by atoms with van der Waals surface area (Å²) in [4.78, 5) is 0. The molecule has 8 heavy (non-hydrogen) atoms. The van der Waals surface area contributed by atoms with E-state index >= 15 is 0 Å². The van der Waals surface area contributed by atoms with E-state index in [0.29, 0.717) is 0 Å². The minimum absolute atomic E-state index is 0.926. The van der Waals surface area contributed by atoms with E-state index in [1.165, 1.54) is 0 Å². The Bertz CT molecular complexity index is 49.4. The zero-order valence-electron chi connectivity index (χ0n) is 6.73. The van der Waals surface area contributed by atoms with Gasteiger partial charge < -0.3 is 0 Å². The summed E-state index contributed by atoms with van der Waals surface area (Å²) >= 11 is 1.02. The second-order valence-corrected chi connectivity index (χ2v) is 6.14.